The van der Waals surface area contributed by atoms with Gasteiger partial charge in [-0.25, -0.2) is 0 Å². The number of amides is 1. The van der Waals surface area contributed by atoms with Crippen LogP contribution in [0.4, 0.5) is 0 Å². The highest BCUT2D eigenvalue weighted by Crippen LogP contribution is 2.30. The van der Waals surface area contributed by atoms with E-state index in [1.165, 1.54) is 6.42 Å². The molecule has 2 aliphatic rings. The second-order valence-corrected chi connectivity index (χ2v) is 8.12. The van der Waals surface area contributed by atoms with E-state index in [1.54, 1.807) is 4.68 Å². The number of hydrogen-bond acceptors (Lipinski definition) is 4. The molecule has 0 N–H and O–H groups in total. The Labute approximate surface area is 171 Å². The minimum absolute atomic E-state index is 0.0506. The number of nitrogens with zero attached hydrogens (tertiary/aromatic N) is 4. The zero-order chi connectivity index (χ0) is 19.5. The Morgan fingerprint density at radius 2 is 2.04 bits per heavy atom. The molecule has 7 heteroatoms. The van der Waals surface area contributed by atoms with Crippen molar-refractivity contribution in [3.8, 4) is 11.3 Å². The largest absolute Gasteiger partial charge is 0.379 e. The number of carbonyl (C=O) groups is 1. The summed E-state index contributed by atoms with van der Waals surface area (Å²) < 4.78 is 7.14. The van der Waals surface area contributed by atoms with Crippen molar-refractivity contribution >= 4 is 17.5 Å². The quantitative estimate of drug-likeness (QED) is 0.789. The molecular weight excluding hydrogens is 376 g/mol. The molecule has 2 fully saturated rings. The number of aryl methyl sites for hydroxylation is 1. The van der Waals surface area contributed by atoms with Gasteiger partial charge < -0.3 is 9.64 Å². The van der Waals surface area contributed by atoms with Gasteiger partial charge in [0.05, 0.1) is 23.8 Å². The van der Waals surface area contributed by atoms with Gasteiger partial charge in [0.15, 0.2) is 0 Å². The van der Waals surface area contributed by atoms with Gasteiger partial charge in [-0.05, 0) is 24.8 Å². The molecule has 1 amide bonds. The van der Waals surface area contributed by atoms with Crippen molar-refractivity contribution in [1.29, 1.82) is 0 Å². The van der Waals surface area contributed by atoms with Crippen LogP contribution in [-0.2, 0) is 11.8 Å². The van der Waals surface area contributed by atoms with Crippen LogP contribution in [0, 0.1) is 5.92 Å². The summed E-state index contributed by atoms with van der Waals surface area (Å²) in [6.07, 6.45) is 4.03. The maximum absolute atomic E-state index is 13.4. The molecule has 6 nitrogen and oxygen atoms in total. The van der Waals surface area contributed by atoms with Crippen molar-refractivity contribution in [1.82, 2.24) is 19.6 Å². The third-order valence-corrected chi connectivity index (χ3v) is 5.94. The van der Waals surface area contributed by atoms with Crippen LogP contribution < -0.4 is 0 Å². The molecule has 1 atom stereocenters. The fraction of sp³-hybridized carbons (Fsp3) is 0.524. The summed E-state index contributed by atoms with van der Waals surface area (Å²) in [5.41, 5.74) is 2.09. The summed E-state index contributed by atoms with van der Waals surface area (Å²) >= 11 is 6.37. The van der Waals surface area contributed by atoms with Gasteiger partial charge in [0.2, 0.25) is 0 Å². The number of halogens is 1. The zero-order valence-electron chi connectivity index (χ0n) is 16.3. The number of likely N-dealkylation sites (tertiary alicyclic amines) is 1. The molecule has 1 aromatic carbocycles. The molecule has 2 aliphatic heterocycles. The van der Waals surface area contributed by atoms with Crippen LogP contribution in [0.15, 0.2) is 30.5 Å². The Morgan fingerprint density at radius 3 is 2.82 bits per heavy atom. The molecule has 2 aromatic rings. The topological polar surface area (TPSA) is 50.6 Å². The van der Waals surface area contributed by atoms with Gasteiger partial charge in [0, 0.05) is 51.5 Å². The zero-order valence-corrected chi connectivity index (χ0v) is 17.1. The first-order valence-electron chi connectivity index (χ1n) is 9.99. The van der Waals surface area contributed by atoms with Crippen LogP contribution in [0.3, 0.4) is 0 Å². The fourth-order valence-electron chi connectivity index (χ4n) is 4.21. The second-order valence-electron chi connectivity index (χ2n) is 7.72. The minimum Gasteiger partial charge on any atom is -0.379 e. The van der Waals surface area contributed by atoms with Crippen LogP contribution in [0.25, 0.3) is 11.3 Å². The van der Waals surface area contributed by atoms with Gasteiger partial charge in [0.1, 0.15) is 5.69 Å². The Hall–Kier alpha value is -1.89. The normalized spacial score (nSPS) is 21.1. The van der Waals surface area contributed by atoms with E-state index in [0.717, 1.165) is 57.9 Å². The summed E-state index contributed by atoms with van der Waals surface area (Å²) in [6.45, 7) is 6.24. The lowest BCUT2D eigenvalue weighted by molar-refractivity contribution is 0.0224. The van der Waals surface area contributed by atoms with E-state index < -0.39 is 0 Å². The molecule has 0 bridgehead atoms. The highest BCUT2D eigenvalue weighted by molar-refractivity contribution is 6.33. The van der Waals surface area contributed by atoms with Gasteiger partial charge in [-0.2, -0.15) is 5.10 Å². The van der Waals surface area contributed by atoms with E-state index in [9.17, 15) is 4.79 Å². The number of ether oxygens (including phenoxy) is 1. The molecule has 1 aromatic heterocycles. The number of benzene rings is 1. The van der Waals surface area contributed by atoms with E-state index >= 15 is 0 Å². The molecule has 1 unspecified atom stereocenters. The number of hydrogen-bond donors (Lipinski definition) is 0. The third-order valence-electron chi connectivity index (χ3n) is 5.61. The van der Waals surface area contributed by atoms with Crippen molar-refractivity contribution in [2.75, 3.05) is 45.9 Å². The van der Waals surface area contributed by atoms with E-state index in [1.807, 2.05) is 42.4 Å². The summed E-state index contributed by atoms with van der Waals surface area (Å²) in [4.78, 5) is 17.8. The Bertz CT molecular complexity index is 832. The highest BCUT2D eigenvalue weighted by atomic mass is 35.5. The first-order valence-corrected chi connectivity index (χ1v) is 10.4. The van der Waals surface area contributed by atoms with Gasteiger partial charge in [-0.15, -0.1) is 0 Å². The van der Waals surface area contributed by atoms with Gasteiger partial charge in [0.25, 0.3) is 5.91 Å². The predicted molar refractivity (Wildman–Crippen MR) is 110 cm³/mol. The Morgan fingerprint density at radius 1 is 1.25 bits per heavy atom. The molecule has 3 heterocycles. The average Bonchev–Trinajstić information content (AvgIpc) is 3.10. The van der Waals surface area contributed by atoms with Gasteiger partial charge in [-0.1, -0.05) is 29.8 Å². The average molecular weight is 403 g/mol. The molecule has 0 radical (unpaired) electrons. The van der Waals surface area contributed by atoms with E-state index in [0.29, 0.717) is 22.2 Å². The smallest absolute Gasteiger partial charge is 0.257 e. The van der Waals surface area contributed by atoms with Crippen LogP contribution in [0.2, 0.25) is 5.02 Å². The summed E-state index contributed by atoms with van der Waals surface area (Å²) in [5, 5.41) is 5.14. The van der Waals surface area contributed by atoms with Crippen LogP contribution in [-0.4, -0.2) is 71.4 Å². The van der Waals surface area contributed by atoms with Crippen LogP contribution in [0.5, 0.6) is 0 Å². The number of morpholine rings is 1. The first kappa shape index (κ1) is 19.4. The molecule has 4 rings (SSSR count). The lowest BCUT2D eigenvalue weighted by Gasteiger charge is -2.36. The maximum Gasteiger partial charge on any atom is 0.257 e. The van der Waals surface area contributed by atoms with Gasteiger partial charge >= 0.3 is 0 Å². The van der Waals surface area contributed by atoms with Crippen molar-refractivity contribution in [3.05, 3.63) is 41.0 Å². The van der Waals surface area contributed by atoms with Crippen LogP contribution in [0.1, 0.15) is 23.2 Å². The SMILES string of the molecule is Cn1cc(C(=O)N2CCCC(CN3CCOCC3)C2)c(-c2ccccc2Cl)n1. The second kappa shape index (κ2) is 8.64. The molecule has 0 spiro atoms. The number of carbonyl (C=O) groups excluding carboxylic acids is 1. The molecule has 0 aliphatic carbocycles. The van der Waals surface area contributed by atoms with Gasteiger partial charge in [-0.3, -0.25) is 14.4 Å². The van der Waals surface area contributed by atoms with E-state index in [4.69, 9.17) is 16.3 Å². The predicted octanol–water partition coefficient (Wildman–Crippen LogP) is 2.92. The maximum atomic E-state index is 13.4. The first-order chi connectivity index (χ1) is 13.6. The van der Waals surface area contributed by atoms with Crippen molar-refractivity contribution in [2.24, 2.45) is 13.0 Å². The highest BCUT2D eigenvalue weighted by Gasteiger charge is 2.29. The summed E-state index contributed by atoms with van der Waals surface area (Å²) in [7, 11) is 1.84. The van der Waals surface area contributed by atoms with Crippen LogP contribution >= 0.6 is 11.6 Å². The van der Waals surface area contributed by atoms with E-state index in [-0.39, 0.29) is 5.91 Å². The summed E-state index contributed by atoms with van der Waals surface area (Å²) in [5.74, 6) is 0.561. The lowest BCUT2D eigenvalue weighted by atomic mass is 9.96. The molecular formula is C21H27ClN4O2. The lowest BCUT2D eigenvalue weighted by Crippen LogP contribution is -2.46. The standard InChI is InChI=1S/C21H27ClN4O2/c1-24-15-18(20(23-24)17-6-2-3-7-19(17)22)21(27)26-8-4-5-16(14-26)13-25-9-11-28-12-10-25/h2-3,6-7,15-16H,4-5,8-14H2,1H3. The summed E-state index contributed by atoms with van der Waals surface area (Å²) in [6, 6.07) is 7.55. The number of piperidine rings is 1. The fourth-order valence-corrected chi connectivity index (χ4v) is 4.44. The monoisotopic (exact) mass is 402 g/mol. The Kier molecular flexibility index (Phi) is 5.99. The van der Waals surface area contributed by atoms with Crippen molar-refractivity contribution < 1.29 is 9.53 Å². The molecule has 0 saturated carbocycles. The number of rotatable bonds is 4. The Balaban J connectivity index is 1.50. The molecule has 28 heavy (non-hydrogen) atoms. The minimum atomic E-state index is 0.0506. The van der Waals surface area contributed by atoms with Crippen molar-refractivity contribution in [3.63, 3.8) is 0 Å². The third kappa shape index (κ3) is 4.24. The molecule has 150 valence electrons. The number of aromatic nitrogens is 2. The van der Waals surface area contributed by atoms with E-state index in [2.05, 4.69) is 10.00 Å². The molecule has 2 saturated heterocycles. The van der Waals surface area contributed by atoms with Crippen molar-refractivity contribution in [2.45, 2.75) is 12.8 Å².